The standard InChI is InChI=1S/C8H8BNO2.C5H6BF3N2O2/c11-9(12)7-1-2-8-6(5-7)3-4-10-8;1-11-4(6(12)13)2-3(10-11)5(7,8)9/h1-5,10-12H;2,12-13H,1H3. The van der Waals surface area contributed by atoms with E-state index in [1.807, 2.05) is 18.3 Å². The smallest absolute Gasteiger partial charge is 0.423 e. The summed E-state index contributed by atoms with van der Waals surface area (Å²) in [5, 5.41) is 39.0. The normalized spacial score (nSPS) is 11.2. The third-order valence-corrected chi connectivity index (χ3v) is 3.35. The fourth-order valence-corrected chi connectivity index (χ4v) is 2.09. The molecule has 132 valence electrons. The van der Waals surface area contributed by atoms with Gasteiger partial charge in [0.05, 0.1) is 5.59 Å². The van der Waals surface area contributed by atoms with Gasteiger partial charge in [0.1, 0.15) is 0 Å². The van der Waals surface area contributed by atoms with Gasteiger partial charge in [-0.25, -0.2) is 0 Å². The average molecular weight is 355 g/mol. The van der Waals surface area contributed by atoms with E-state index >= 15 is 0 Å². The minimum Gasteiger partial charge on any atom is -0.423 e. The Morgan fingerprint density at radius 2 is 1.72 bits per heavy atom. The molecule has 0 radical (unpaired) electrons. The minimum absolute atomic E-state index is 0.299. The van der Waals surface area contributed by atoms with Crippen molar-refractivity contribution in [1.29, 1.82) is 0 Å². The van der Waals surface area contributed by atoms with Gasteiger partial charge in [0.2, 0.25) is 0 Å². The van der Waals surface area contributed by atoms with Gasteiger partial charge in [-0.2, -0.15) is 18.3 Å². The van der Waals surface area contributed by atoms with E-state index in [9.17, 15) is 13.2 Å². The summed E-state index contributed by atoms with van der Waals surface area (Å²) in [6.07, 6.45) is -2.75. The van der Waals surface area contributed by atoms with Crippen LogP contribution < -0.4 is 11.1 Å². The van der Waals surface area contributed by atoms with E-state index in [1.165, 1.54) is 7.05 Å². The number of hydrogen-bond acceptors (Lipinski definition) is 5. The molecule has 2 aromatic heterocycles. The lowest BCUT2D eigenvalue weighted by atomic mass is 9.80. The second-order valence-corrected chi connectivity index (χ2v) is 5.15. The molecule has 0 saturated carbocycles. The van der Waals surface area contributed by atoms with E-state index in [2.05, 4.69) is 10.1 Å². The zero-order chi connectivity index (χ0) is 18.8. The topological polar surface area (TPSA) is 115 Å². The first-order chi connectivity index (χ1) is 11.6. The van der Waals surface area contributed by atoms with Crippen LogP contribution in [0.3, 0.4) is 0 Å². The van der Waals surface area contributed by atoms with Gasteiger partial charge < -0.3 is 25.1 Å². The Hall–Kier alpha value is -2.27. The van der Waals surface area contributed by atoms with Crippen LogP contribution in [0, 0.1) is 0 Å². The number of alkyl halides is 3. The third kappa shape index (κ3) is 4.63. The maximum atomic E-state index is 12.0. The molecule has 0 atom stereocenters. The maximum Gasteiger partial charge on any atom is 0.507 e. The van der Waals surface area contributed by atoms with Crippen LogP contribution in [0.5, 0.6) is 0 Å². The van der Waals surface area contributed by atoms with Gasteiger partial charge >= 0.3 is 20.4 Å². The molecule has 3 rings (SSSR count). The molecule has 25 heavy (non-hydrogen) atoms. The molecule has 0 aliphatic rings. The zero-order valence-corrected chi connectivity index (χ0v) is 12.9. The molecule has 7 nitrogen and oxygen atoms in total. The predicted octanol–water partition coefficient (Wildman–Crippen LogP) is -1.03. The molecule has 0 aliphatic heterocycles. The van der Waals surface area contributed by atoms with Crippen LogP contribution in [0.2, 0.25) is 0 Å². The summed E-state index contributed by atoms with van der Waals surface area (Å²) < 4.78 is 36.8. The van der Waals surface area contributed by atoms with Crippen LogP contribution in [-0.2, 0) is 13.2 Å². The predicted molar refractivity (Wildman–Crippen MR) is 86.2 cm³/mol. The Morgan fingerprint density at radius 1 is 1.04 bits per heavy atom. The van der Waals surface area contributed by atoms with E-state index in [1.54, 1.807) is 12.1 Å². The van der Waals surface area contributed by atoms with E-state index in [0.29, 0.717) is 11.5 Å². The molecule has 5 N–H and O–H groups in total. The number of aromatic amines is 1. The van der Waals surface area contributed by atoms with Crippen molar-refractivity contribution in [2.24, 2.45) is 7.05 Å². The van der Waals surface area contributed by atoms with Gasteiger partial charge in [-0.3, -0.25) is 4.68 Å². The van der Waals surface area contributed by atoms with Crippen molar-refractivity contribution in [1.82, 2.24) is 14.8 Å². The Morgan fingerprint density at radius 3 is 2.20 bits per heavy atom. The van der Waals surface area contributed by atoms with Gasteiger partial charge in [-0.1, -0.05) is 12.1 Å². The van der Waals surface area contributed by atoms with Crippen molar-refractivity contribution < 1.29 is 33.3 Å². The molecule has 0 fully saturated rings. The number of benzene rings is 1. The van der Waals surface area contributed by atoms with Crippen molar-refractivity contribution >= 4 is 36.2 Å². The summed E-state index contributed by atoms with van der Waals surface area (Å²) in [6.45, 7) is 0. The molecule has 0 aliphatic carbocycles. The molecule has 2 heterocycles. The molecule has 3 aromatic rings. The molecular formula is C13H14B2F3N3O4. The molecule has 1 aromatic carbocycles. The van der Waals surface area contributed by atoms with E-state index in [-0.39, 0.29) is 5.59 Å². The van der Waals surface area contributed by atoms with Crippen LogP contribution in [0.4, 0.5) is 13.2 Å². The van der Waals surface area contributed by atoms with Gasteiger partial charge in [0.25, 0.3) is 0 Å². The molecule has 0 bridgehead atoms. The van der Waals surface area contributed by atoms with E-state index < -0.39 is 26.1 Å². The average Bonchev–Trinajstić information content (AvgIpc) is 3.12. The Balaban J connectivity index is 0.000000181. The summed E-state index contributed by atoms with van der Waals surface area (Å²) in [7, 11) is -2.14. The van der Waals surface area contributed by atoms with Crippen molar-refractivity contribution in [2.75, 3.05) is 0 Å². The molecule has 0 unspecified atom stereocenters. The summed E-state index contributed by atoms with van der Waals surface area (Å²) in [5.41, 5.74) is 0.0759. The van der Waals surface area contributed by atoms with E-state index in [4.69, 9.17) is 20.1 Å². The SMILES string of the molecule is Cn1nc(C(F)(F)F)cc1B(O)O.OB(O)c1ccc2[nH]ccc2c1. The lowest BCUT2D eigenvalue weighted by Gasteiger charge is -1.99. The lowest BCUT2D eigenvalue weighted by molar-refractivity contribution is -0.141. The number of aromatic nitrogens is 3. The highest BCUT2D eigenvalue weighted by atomic mass is 19.4. The van der Waals surface area contributed by atoms with Crippen molar-refractivity contribution in [2.45, 2.75) is 6.18 Å². The molecular weight excluding hydrogens is 341 g/mol. The van der Waals surface area contributed by atoms with Gasteiger partial charge in [0.15, 0.2) is 5.69 Å². The molecule has 0 amide bonds. The zero-order valence-electron chi connectivity index (χ0n) is 12.9. The van der Waals surface area contributed by atoms with Crippen molar-refractivity contribution in [3.8, 4) is 0 Å². The van der Waals surface area contributed by atoms with Gasteiger partial charge in [-0.15, -0.1) is 0 Å². The highest BCUT2D eigenvalue weighted by molar-refractivity contribution is 6.59. The summed E-state index contributed by atoms with van der Waals surface area (Å²) in [4.78, 5) is 3.02. The highest BCUT2D eigenvalue weighted by Crippen LogP contribution is 2.26. The van der Waals surface area contributed by atoms with Crippen molar-refractivity contribution in [3.63, 3.8) is 0 Å². The van der Waals surface area contributed by atoms with Crippen LogP contribution in [-0.4, -0.2) is 49.1 Å². The Kier molecular flexibility index (Phi) is 5.58. The largest absolute Gasteiger partial charge is 0.507 e. The number of H-pyrrole nitrogens is 1. The quantitative estimate of drug-likeness (QED) is 0.377. The lowest BCUT2D eigenvalue weighted by Crippen LogP contribution is -2.35. The molecule has 12 heteroatoms. The Bertz CT molecular complexity index is 849. The first-order valence-corrected chi connectivity index (χ1v) is 7.00. The van der Waals surface area contributed by atoms with Crippen LogP contribution in [0.15, 0.2) is 36.5 Å². The summed E-state index contributed by atoms with van der Waals surface area (Å²) in [6, 6.07) is 7.73. The minimum atomic E-state index is -4.56. The number of halogens is 3. The maximum absolute atomic E-state index is 12.0. The Labute approximate surface area is 140 Å². The number of rotatable bonds is 2. The van der Waals surface area contributed by atoms with Crippen LogP contribution >= 0.6 is 0 Å². The summed E-state index contributed by atoms with van der Waals surface area (Å²) in [5.74, 6) is 0. The van der Waals surface area contributed by atoms with Gasteiger partial charge in [-0.05, 0) is 29.0 Å². The first kappa shape index (κ1) is 19.1. The fourth-order valence-electron chi connectivity index (χ4n) is 2.09. The number of nitrogens with zero attached hydrogens (tertiary/aromatic N) is 2. The van der Waals surface area contributed by atoms with E-state index in [0.717, 1.165) is 15.6 Å². The molecule has 0 saturated heterocycles. The third-order valence-electron chi connectivity index (χ3n) is 3.35. The number of hydrogen-bond donors (Lipinski definition) is 5. The van der Waals surface area contributed by atoms with Crippen molar-refractivity contribution in [3.05, 3.63) is 42.2 Å². The van der Waals surface area contributed by atoms with Gasteiger partial charge in [0, 0.05) is 18.8 Å². The van der Waals surface area contributed by atoms with Crippen LogP contribution in [0.1, 0.15) is 5.69 Å². The number of nitrogens with one attached hydrogen (secondary N) is 1. The second kappa shape index (κ2) is 7.31. The first-order valence-electron chi connectivity index (χ1n) is 7.00. The number of aryl methyl sites for hydroxylation is 1. The summed E-state index contributed by atoms with van der Waals surface area (Å²) >= 11 is 0. The fraction of sp³-hybridized carbons (Fsp3) is 0.154. The second-order valence-electron chi connectivity index (χ2n) is 5.15. The highest BCUT2D eigenvalue weighted by Gasteiger charge is 2.35. The number of fused-ring (bicyclic) bond motifs is 1. The van der Waals surface area contributed by atoms with Crippen LogP contribution in [0.25, 0.3) is 10.9 Å². The monoisotopic (exact) mass is 355 g/mol. The molecule has 0 spiro atoms.